The van der Waals surface area contributed by atoms with Gasteiger partial charge in [0.25, 0.3) is 0 Å². The standard InChI is InChI=1S/C17H18N4OS/c1-13-3-5-15(6-4-13)21-16(14-7-9-18-10-8-14)19-20-17(21)23-12-2-11-22/h3-10,22H,2,11-12H2,1H3. The van der Waals surface area contributed by atoms with Crippen LogP contribution in [-0.2, 0) is 0 Å². The number of aryl methyl sites for hydroxylation is 1. The Labute approximate surface area is 139 Å². The molecule has 0 radical (unpaired) electrons. The van der Waals surface area contributed by atoms with Crippen molar-refractivity contribution in [2.75, 3.05) is 12.4 Å². The summed E-state index contributed by atoms with van der Waals surface area (Å²) in [6, 6.07) is 12.1. The fourth-order valence-corrected chi connectivity index (χ4v) is 3.08. The van der Waals surface area contributed by atoms with Crippen LogP contribution in [0.5, 0.6) is 0 Å². The monoisotopic (exact) mass is 326 g/mol. The first-order valence-electron chi connectivity index (χ1n) is 7.46. The molecule has 23 heavy (non-hydrogen) atoms. The van der Waals surface area contributed by atoms with Gasteiger partial charge >= 0.3 is 0 Å². The molecule has 2 heterocycles. The zero-order valence-electron chi connectivity index (χ0n) is 12.9. The Balaban J connectivity index is 2.04. The molecule has 6 heteroatoms. The summed E-state index contributed by atoms with van der Waals surface area (Å²) in [7, 11) is 0. The summed E-state index contributed by atoms with van der Waals surface area (Å²) in [6.07, 6.45) is 4.24. The predicted octanol–water partition coefficient (Wildman–Crippen LogP) is 3.11. The Hall–Kier alpha value is -2.18. The molecule has 0 bridgehead atoms. The molecule has 0 aliphatic heterocycles. The maximum Gasteiger partial charge on any atom is 0.196 e. The Morgan fingerprint density at radius 1 is 1.04 bits per heavy atom. The Bertz CT molecular complexity index is 756. The molecule has 2 aromatic heterocycles. The normalized spacial score (nSPS) is 10.9. The van der Waals surface area contributed by atoms with E-state index in [0.717, 1.165) is 34.4 Å². The minimum Gasteiger partial charge on any atom is -0.396 e. The molecule has 0 atom stereocenters. The van der Waals surface area contributed by atoms with Crippen LogP contribution in [-0.4, -0.2) is 37.2 Å². The molecule has 0 unspecified atom stereocenters. The third-order valence-corrected chi connectivity index (χ3v) is 4.41. The van der Waals surface area contributed by atoms with E-state index in [4.69, 9.17) is 5.11 Å². The van der Waals surface area contributed by atoms with Gasteiger partial charge in [0.15, 0.2) is 11.0 Å². The maximum atomic E-state index is 8.98. The van der Waals surface area contributed by atoms with Crippen molar-refractivity contribution in [1.82, 2.24) is 19.7 Å². The second kappa shape index (κ2) is 7.39. The number of pyridine rings is 1. The minimum atomic E-state index is 0.183. The van der Waals surface area contributed by atoms with E-state index in [1.54, 1.807) is 24.2 Å². The molecule has 0 saturated heterocycles. The number of aliphatic hydroxyl groups excluding tert-OH is 1. The molecule has 118 valence electrons. The largest absolute Gasteiger partial charge is 0.396 e. The fraction of sp³-hybridized carbons (Fsp3) is 0.235. The first-order chi connectivity index (χ1) is 11.3. The fourth-order valence-electron chi connectivity index (χ4n) is 2.21. The number of aromatic nitrogens is 4. The lowest BCUT2D eigenvalue weighted by atomic mass is 10.2. The molecule has 1 aromatic carbocycles. The highest BCUT2D eigenvalue weighted by Crippen LogP contribution is 2.28. The van der Waals surface area contributed by atoms with Crippen LogP contribution >= 0.6 is 11.8 Å². The molecule has 0 aliphatic carbocycles. The van der Waals surface area contributed by atoms with Gasteiger partial charge in [-0.2, -0.15) is 0 Å². The summed E-state index contributed by atoms with van der Waals surface area (Å²) in [4.78, 5) is 4.06. The molecule has 0 fully saturated rings. The average Bonchev–Trinajstić information content (AvgIpc) is 3.00. The van der Waals surface area contributed by atoms with Crippen LogP contribution in [0.15, 0.2) is 53.9 Å². The topological polar surface area (TPSA) is 63.8 Å². The zero-order chi connectivity index (χ0) is 16.1. The van der Waals surface area contributed by atoms with Crippen molar-refractivity contribution in [1.29, 1.82) is 0 Å². The van der Waals surface area contributed by atoms with Gasteiger partial charge < -0.3 is 5.11 Å². The van der Waals surface area contributed by atoms with Crippen molar-refractivity contribution >= 4 is 11.8 Å². The van der Waals surface area contributed by atoms with E-state index in [1.165, 1.54) is 5.56 Å². The van der Waals surface area contributed by atoms with E-state index in [9.17, 15) is 0 Å². The second-order valence-electron chi connectivity index (χ2n) is 5.14. The zero-order valence-corrected chi connectivity index (χ0v) is 13.7. The maximum absolute atomic E-state index is 8.98. The molecular formula is C17H18N4OS. The van der Waals surface area contributed by atoms with Gasteiger partial charge in [0.05, 0.1) is 0 Å². The van der Waals surface area contributed by atoms with Crippen molar-refractivity contribution in [3.05, 3.63) is 54.4 Å². The lowest BCUT2D eigenvalue weighted by molar-refractivity contribution is 0.296. The van der Waals surface area contributed by atoms with Crippen LogP contribution < -0.4 is 0 Å². The molecule has 0 aliphatic rings. The SMILES string of the molecule is Cc1ccc(-n2c(SCCCO)nnc2-c2ccncc2)cc1. The number of thioether (sulfide) groups is 1. The van der Waals surface area contributed by atoms with E-state index in [2.05, 4.69) is 50.9 Å². The van der Waals surface area contributed by atoms with Crippen molar-refractivity contribution in [3.63, 3.8) is 0 Å². The smallest absolute Gasteiger partial charge is 0.196 e. The Kier molecular flexibility index (Phi) is 5.05. The first kappa shape index (κ1) is 15.7. The molecule has 3 aromatic rings. The summed E-state index contributed by atoms with van der Waals surface area (Å²) < 4.78 is 2.05. The van der Waals surface area contributed by atoms with Gasteiger partial charge in [-0.1, -0.05) is 29.5 Å². The highest BCUT2D eigenvalue weighted by molar-refractivity contribution is 7.99. The number of hydrogen-bond acceptors (Lipinski definition) is 5. The van der Waals surface area contributed by atoms with Crippen molar-refractivity contribution in [2.24, 2.45) is 0 Å². The van der Waals surface area contributed by atoms with Crippen LogP contribution in [0.1, 0.15) is 12.0 Å². The Morgan fingerprint density at radius 3 is 2.48 bits per heavy atom. The average molecular weight is 326 g/mol. The number of benzene rings is 1. The van der Waals surface area contributed by atoms with Crippen LogP contribution in [0.25, 0.3) is 17.1 Å². The van der Waals surface area contributed by atoms with Crippen LogP contribution in [0, 0.1) is 6.92 Å². The molecule has 3 rings (SSSR count). The van der Waals surface area contributed by atoms with E-state index >= 15 is 0 Å². The quantitative estimate of drug-likeness (QED) is 0.557. The van der Waals surface area contributed by atoms with Crippen molar-refractivity contribution in [2.45, 2.75) is 18.5 Å². The summed E-state index contributed by atoms with van der Waals surface area (Å²) in [5, 5.41) is 18.5. The van der Waals surface area contributed by atoms with Gasteiger partial charge in [0.2, 0.25) is 0 Å². The number of hydrogen-bond donors (Lipinski definition) is 1. The molecule has 1 N–H and O–H groups in total. The minimum absolute atomic E-state index is 0.183. The van der Waals surface area contributed by atoms with Crippen LogP contribution in [0.4, 0.5) is 0 Å². The Morgan fingerprint density at radius 2 is 1.78 bits per heavy atom. The van der Waals surface area contributed by atoms with Crippen molar-refractivity contribution < 1.29 is 5.11 Å². The summed E-state index contributed by atoms with van der Waals surface area (Å²) in [6.45, 7) is 2.25. The van der Waals surface area contributed by atoms with Gasteiger partial charge in [0, 0.05) is 36.0 Å². The first-order valence-corrected chi connectivity index (χ1v) is 8.44. The molecule has 5 nitrogen and oxygen atoms in total. The molecule has 0 saturated carbocycles. The molecule has 0 spiro atoms. The highest BCUT2D eigenvalue weighted by atomic mass is 32.2. The van der Waals surface area contributed by atoms with Gasteiger partial charge in [-0.25, -0.2) is 0 Å². The number of rotatable bonds is 6. The lowest BCUT2D eigenvalue weighted by Crippen LogP contribution is -2.00. The number of nitrogens with zero attached hydrogens (tertiary/aromatic N) is 4. The summed E-state index contributed by atoms with van der Waals surface area (Å²) in [5.41, 5.74) is 3.21. The highest BCUT2D eigenvalue weighted by Gasteiger charge is 2.15. The van der Waals surface area contributed by atoms with Gasteiger partial charge in [-0.05, 0) is 37.6 Å². The van der Waals surface area contributed by atoms with E-state index < -0.39 is 0 Å². The predicted molar refractivity (Wildman–Crippen MR) is 91.8 cm³/mol. The van der Waals surface area contributed by atoms with E-state index in [0.29, 0.717) is 0 Å². The van der Waals surface area contributed by atoms with Gasteiger partial charge in [0.1, 0.15) is 0 Å². The summed E-state index contributed by atoms with van der Waals surface area (Å²) >= 11 is 1.60. The van der Waals surface area contributed by atoms with Crippen molar-refractivity contribution in [3.8, 4) is 17.1 Å². The second-order valence-corrected chi connectivity index (χ2v) is 6.20. The van der Waals surface area contributed by atoms with Gasteiger partial charge in [-0.3, -0.25) is 9.55 Å². The molecular weight excluding hydrogens is 308 g/mol. The molecule has 0 amide bonds. The third kappa shape index (κ3) is 3.60. The summed E-state index contributed by atoms with van der Waals surface area (Å²) in [5.74, 6) is 1.60. The van der Waals surface area contributed by atoms with Gasteiger partial charge in [-0.15, -0.1) is 10.2 Å². The van der Waals surface area contributed by atoms with E-state index in [-0.39, 0.29) is 6.61 Å². The van der Waals surface area contributed by atoms with Crippen LogP contribution in [0.2, 0.25) is 0 Å². The third-order valence-electron chi connectivity index (χ3n) is 3.40. The van der Waals surface area contributed by atoms with Crippen LogP contribution in [0.3, 0.4) is 0 Å². The van der Waals surface area contributed by atoms with E-state index in [1.807, 2.05) is 12.1 Å². The number of aliphatic hydroxyl groups is 1. The lowest BCUT2D eigenvalue weighted by Gasteiger charge is -2.10.